The van der Waals surface area contributed by atoms with E-state index in [1.54, 1.807) is 0 Å². The number of nitrogens with one attached hydrogen (secondary N) is 1. The molecule has 0 saturated carbocycles. The van der Waals surface area contributed by atoms with Gasteiger partial charge in [0.05, 0.1) is 6.04 Å². The van der Waals surface area contributed by atoms with Crippen molar-refractivity contribution in [2.45, 2.75) is 26.8 Å². The molecule has 3 heteroatoms. The summed E-state index contributed by atoms with van der Waals surface area (Å²) in [6.07, 6.45) is 0. The molecule has 2 heterocycles. The Bertz CT molecular complexity index is 334. The van der Waals surface area contributed by atoms with Crippen LogP contribution >= 0.6 is 0 Å². The van der Waals surface area contributed by atoms with Crippen LogP contribution in [0.1, 0.15) is 31.4 Å². The molecule has 1 aromatic rings. The van der Waals surface area contributed by atoms with Gasteiger partial charge < -0.3 is 9.73 Å². The summed E-state index contributed by atoms with van der Waals surface area (Å²) < 4.78 is 5.71. The second-order valence-corrected chi connectivity index (χ2v) is 4.93. The van der Waals surface area contributed by atoms with Crippen LogP contribution in [0, 0.1) is 12.8 Å². The van der Waals surface area contributed by atoms with Gasteiger partial charge in [-0.1, -0.05) is 6.92 Å². The second-order valence-electron chi connectivity index (χ2n) is 4.93. The van der Waals surface area contributed by atoms with Crippen molar-refractivity contribution in [1.82, 2.24) is 10.2 Å². The minimum atomic E-state index is 0.385. The third-order valence-corrected chi connectivity index (χ3v) is 3.34. The molecule has 2 unspecified atom stereocenters. The van der Waals surface area contributed by atoms with Gasteiger partial charge in [-0.2, -0.15) is 0 Å². The molecule has 1 aliphatic heterocycles. The van der Waals surface area contributed by atoms with E-state index in [-0.39, 0.29) is 0 Å². The van der Waals surface area contributed by atoms with Crippen molar-refractivity contribution in [3.05, 3.63) is 23.7 Å². The lowest BCUT2D eigenvalue weighted by atomic mass is 10.1. The highest BCUT2D eigenvalue weighted by atomic mass is 16.3. The van der Waals surface area contributed by atoms with Gasteiger partial charge in [0.2, 0.25) is 0 Å². The van der Waals surface area contributed by atoms with E-state index in [2.05, 4.69) is 30.1 Å². The lowest BCUT2D eigenvalue weighted by molar-refractivity contribution is 0.181. The summed E-state index contributed by atoms with van der Waals surface area (Å²) in [5, 5.41) is 3.47. The van der Waals surface area contributed by atoms with Crippen LogP contribution in [0.4, 0.5) is 0 Å². The van der Waals surface area contributed by atoms with Crippen LogP contribution in [0.3, 0.4) is 0 Å². The molecule has 1 saturated heterocycles. The van der Waals surface area contributed by atoms with Crippen molar-refractivity contribution in [1.29, 1.82) is 0 Å². The molecule has 0 radical (unpaired) electrons. The number of furan rings is 1. The third kappa shape index (κ3) is 2.66. The molecule has 2 rings (SSSR count). The Morgan fingerprint density at radius 2 is 2.31 bits per heavy atom. The maximum atomic E-state index is 5.71. The van der Waals surface area contributed by atoms with E-state index in [1.807, 2.05) is 13.0 Å². The van der Waals surface area contributed by atoms with E-state index in [4.69, 9.17) is 4.42 Å². The molecular formula is C13H22N2O. The van der Waals surface area contributed by atoms with Crippen molar-refractivity contribution >= 4 is 0 Å². The number of hydrogen-bond acceptors (Lipinski definition) is 3. The van der Waals surface area contributed by atoms with E-state index < -0.39 is 0 Å². The SMILES string of the molecule is Cc1ccc(C(C)N2CCNCC(C)C2)o1. The third-order valence-electron chi connectivity index (χ3n) is 3.34. The van der Waals surface area contributed by atoms with E-state index in [9.17, 15) is 0 Å². The Morgan fingerprint density at radius 1 is 1.50 bits per heavy atom. The van der Waals surface area contributed by atoms with E-state index in [1.165, 1.54) is 0 Å². The fourth-order valence-corrected chi connectivity index (χ4v) is 2.34. The van der Waals surface area contributed by atoms with Crippen molar-refractivity contribution < 1.29 is 4.42 Å². The molecule has 2 atom stereocenters. The van der Waals surface area contributed by atoms with Gasteiger partial charge in [-0.3, -0.25) is 4.90 Å². The highest BCUT2D eigenvalue weighted by Gasteiger charge is 2.22. The maximum Gasteiger partial charge on any atom is 0.121 e. The average molecular weight is 222 g/mol. The summed E-state index contributed by atoms with van der Waals surface area (Å²) in [6, 6.07) is 4.53. The Kier molecular flexibility index (Phi) is 3.66. The number of nitrogens with zero attached hydrogens (tertiary/aromatic N) is 1. The Balaban J connectivity index is 2.05. The molecule has 16 heavy (non-hydrogen) atoms. The molecular weight excluding hydrogens is 200 g/mol. The molecule has 1 N–H and O–H groups in total. The van der Waals surface area contributed by atoms with Crippen LogP contribution in [0.15, 0.2) is 16.5 Å². The molecule has 90 valence electrons. The Morgan fingerprint density at radius 3 is 3.00 bits per heavy atom. The highest BCUT2D eigenvalue weighted by Crippen LogP contribution is 2.23. The Labute approximate surface area is 97.8 Å². The lowest BCUT2D eigenvalue weighted by Crippen LogP contribution is -2.31. The summed E-state index contributed by atoms with van der Waals surface area (Å²) in [6.45, 7) is 11.0. The van der Waals surface area contributed by atoms with Gasteiger partial charge in [-0.25, -0.2) is 0 Å². The lowest BCUT2D eigenvalue weighted by Gasteiger charge is -2.27. The number of hydrogen-bond donors (Lipinski definition) is 1. The summed E-state index contributed by atoms with van der Waals surface area (Å²) in [5.41, 5.74) is 0. The van der Waals surface area contributed by atoms with Gasteiger partial charge in [-0.05, 0) is 38.4 Å². The van der Waals surface area contributed by atoms with E-state index in [0.29, 0.717) is 12.0 Å². The summed E-state index contributed by atoms with van der Waals surface area (Å²) >= 11 is 0. The first-order chi connectivity index (χ1) is 7.66. The van der Waals surface area contributed by atoms with Gasteiger partial charge >= 0.3 is 0 Å². The molecule has 1 fully saturated rings. The molecule has 1 aliphatic rings. The van der Waals surface area contributed by atoms with Crippen LogP contribution in [0.25, 0.3) is 0 Å². The first-order valence-electron chi connectivity index (χ1n) is 6.18. The Hall–Kier alpha value is -0.800. The monoisotopic (exact) mass is 222 g/mol. The van der Waals surface area contributed by atoms with Crippen molar-refractivity contribution in [3.8, 4) is 0 Å². The zero-order valence-electron chi connectivity index (χ0n) is 10.5. The van der Waals surface area contributed by atoms with Crippen LogP contribution in [0.2, 0.25) is 0 Å². The average Bonchev–Trinajstić information content (AvgIpc) is 2.56. The molecule has 0 spiro atoms. The van der Waals surface area contributed by atoms with Gasteiger partial charge in [0.15, 0.2) is 0 Å². The molecule has 0 aromatic carbocycles. The van der Waals surface area contributed by atoms with Crippen LogP contribution in [0.5, 0.6) is 0 Å². The van der Waals surface area contributed by atoms with E-state index >= 15 is 0 Å². The van der Waals surface area contributed by atoms with Crippen molar-refractivity contribution in [2.24, 2.45) is 5.92 Å². The van der Waals surface area contributed by atoms with Crippen LogP contribution in [-0.4, -0.2) is 31.1 Å². The first kappa shape index (κ1) is 11.7. The highest BCUT2D eigenvalue weighted by molar-refractivity contribution is 5.09. The normalized spacial score (nSPS) is 25.3. The summed E-state index contributed by atoms with van der Waals surface area (Å²) in [7, 11) is 0. The van der Waals surface area contributed by atoms with Crippen molar-refractivity contribution in [3.63, 3.8) is 0 Å². The quantitative estimate of drug-likeness (QED) is 0.831. The topological polar surface area (TPSA) is 28.4 Å². The fourth-order valence-electron chi connectivity index (χ4n) is 2.34. The number of rotatable bonds is 2. The maximum absolute atomic E-state index is 5.71. The smallest absolute Gasteiger partial charge is 0.121 e. The van der Waals surface area contributed by atoms with Gasteiger partial charge in [0.25, 0.3) is 0 Å². The minimum absolute atomic E-state index is 0.385. The molecule has 0 aliphatic carbocycles. The van der Waals surface area contributed by atoms with Crippen LogP contribution < -0.4 is 5.32 Å². The van der Waals surface area contributed by atoms with E-state index in [0.717, 1.165) is 37.7 Å². The van der Waals surface area contributed by atoms with Gasteiger partial charge in [-0.15, -0.1) is 0 Å². The molecule has 1 aromatic heterocycles. The summed E-state index contributed by atoms with van der Waals surface area (Å²) in [4.78, 5) is 2.50. The van der Waals surface area contributed by atoms with Crippen LogP contribution in [-0.2, 0) is 0 Å². The van der Waals surface area contributed by atoms with Gasteiger partial charge in [0, 0.05) is 19.6 Å². The van der Waals surface area contributed by atoms with Crippen molar-refractivity contribution in [2.75, 3.05) is 26.2 Å². The zero-order valence-corrected chi connectivity index (χ0v) is 10.5. The summed E-state index contributed by atoms with van der Waals surface area (Å²) in [5.74, 6) is 2.80. The molecule has 0 bridgehead atoms. The standard InChI is InChI=1S/C13H22N2O/c1-10-8-14-6-7-15(9-10)12(3)13-5-4-11(2)16-13/h4-5,10,12,14H,6-9H2,1-3H3. The minimum Gasteiger partial charge on any atom is -0.465 e. The predicted octanol–water partition coefficient (Wildman–Crippen LogP) is 2.19. The molecule has 3 nitrogen and oxygen atoms in total. The molecule has 0 amide bonds. The predicted molar refractivity (Wildman–Crippen MR) is 65.5 cm³/mol. The first-order valence-corrected chi connectivity index (χ1v) is 6.18. The largest absolute Gasteiger partial charge is 0.465 e. The zero-order chi connectivity index (χ0) is 11.5. The number of aryl methyl sites for hydroxylation is 1. The second kappa shape index (κ2) is 5.02. The fraction of sp³-hybridized carbons (Fsp3) is 0.692. The van der Waals surface area contributed by atoms with Gasteiger partial charge in [0.1, 0.15) is 11.5 Å².